The van der Waals surface area contributed by atoms with Gasteiger partial charge in [0.15, 0.2) is 0 Å². The number of carbonyl (C=O) groups is 2. The molecule has 3 radical (unpaired) electrons. The van der Waals surface area contributed by atoms with Crippen molar-refractivity contribution < 1.29 is 30.3 Å². The van der Waals surface area contributed by atoms with Gasteiger partial charge in [-0.1, -0.05) is 56.0 Å². The zero-order valence-electron chi connectivity index (χ0n) is 42.7. The number of aliphatic hydroxyl groups is 1. The third kappa shape index (κ3) is 23.0. The Hall–Kier alpha value is -6.74. The van der Waals surface area contributed by atoms with Gasteiger partial charge in [-0.05, 0) is 172 Å². The Kier molecular flexibility index (Phi) is 27.0. The number of ether oxygens (including phenoxy) is 3. The number of aromatic nitrogens is 4. The normalized spacial score (nSPS) is 13.6. The van der Waals surface area contributed by atoms with E-state index in [2.05, 4.69) is 49.5 Å². The number of nitrogens with zero attached hydrogens (tertiary/aromatic N) is 4. The molecular weight excluding hydrogens is 967 g/mol. The molecule has 8 rings (SSSR count). The van der Waals surface area contributed by atoms with Crippen LogP contribution in [0.1, 0.15) is 78.9 Å². The molecule has 0 spiro atoms. The second-order valence-corrected chi connectivity index (χ2v) is 19.9. The molecule has 1 aliphatic heterocycles. The minimum absolute atomic E-state index is 0. The van der Waals surface area contributed by atoms with Gasteiger partial charge in [0.2, 0.25) is 5.91 Å². The molecule has 4 N–H and O–H groups in total. The van der Waals surface area contributed by atoms with E-state index in [4.69, 9.17) is 36.7 Å². The van der Waals surface area contributed by atoms with Crippen LogP contribution in [-0.2, 0) is 43.3 Å². The fourth-order valence-electron chi connectivity index (χ4n) is 6.84. The fraction of sp³-hybridized carbons (Fsp3) is 0.322. The zero-order chi connectivity index (χ0) is 51.7. The van der Waals surface area contributed by atoms with Crippen LogP contribution in [0.2, 0.25) is 0 Å². The van der Waals surface area contributed by atoms with Gasteiger partial charge in [0.05, 0.1) is 19.8 Å². The van der Waals surface area contributed by atoms with Crippen molar-refractivity contribution in [1.82, 2.24) is 25.3 Å². The number of imide groups is 1. The van der Waals surface area contributed by atoms with E-state index in [9.17, 15) is 9.59 Å². The van der Waals surface area contributed by atoms with Gasteiger partial charge < -0.3 is 25.1 Å². The predicted molar refractivity (Wildman–Crippen MR) is 305 cm³/mol. The molecule has 2 unspecified atom stereocenters. The van der Waals surface area contributed by atoms with Crippen LogP contribution in [0.15, 0.2) is 146 Å². The summed E-state index contributed by atoms with van der Waals surface area (Å²) >= 11 is 7.03. The predicted octanol–water partition coefficient (Wildman–Crippen LogP) is 11.5. The number of anilines is 1. The maximum atomic E-state index is 11.9. The Morgan fingerprint density at radius 3 is 1.26 bits per heavy atom. The molecule has 0 aliphatic carbocycles. The smallest absolute Gasteiger partial charge is 0.286 e. The molecule has 3 aromatic carbocycles. The average molecular weight is 1040 g/mol. The summed E-state index contributed by atoms with van der Waals surface area (Å²) < 4.78 is 16.3. The first-order valence-corrected chi connectivity index (χ1v) is 25.3. The average Bonchev–Trinajstić information content (AvgIpc) is 3.62. The lowest BCUT2D eigenvalue weighted by Crippen LogP contribution is -2.35. The maximum Gasteiger partial charge on any atom is 0.286 e. The zero-order valence-corrected chi connectivity index (χ0v) is 44.3. The Morgan fingerprint density at radius 2 is 0.946 bits per heavy atom. The van der Waals surface area contributed by atoms with Gasteiger partial charge in [-0.25, -0.2) is 0 Å². The second kappa shape index (κ2) is 32.4. The fourth-order valence-corrected chi connectivity index (χ4v) is 7.96. The number of nitrogens with two attached hydrogens (primary N) is 1. The number of hydrogen-bond acceptors (Lipinski definition) is 12. The first-order valence-electron chi connectivity index (χ1n) is 24.0. The summed E-state index contributed by atoms with van der Waals surface area (Å²) in [6.07, 6.45) is 11.8. The topological polar surface area (TPSA) is 172 Å². The number of rotatable bonds is 18. The molecule has 2 atom stereocenters. The van der Waals surface area contributed by atoms with E-state index in [0.717, 1.165) is 99.8 Å². The molecule has 12 nitrogen and oxygen atoms in total. The number of pyridine rings is 4. The van der Waals surface area contributed by atoms with Crippen molar-refractivity contribution in [2.75, 3.05) is 32.2 Å². The lowest BCUT2D eigenvalue weighted by molar-refractivity contribution is -0.121. The molecule has 1 fully saturated rings. The molecule has 7 aromatic rings. The van der Waals surface area contributed by atoms with Gasteiger partial charge in [-0.2, -0.15) is 0 Å². The quantitative estimate of drug-likeness (QED) is 0.0423. The van der Waals surface area contributed by atoms with Gasteiger partial charge in [-0.15, -0.1) is 11.6 Å². The van der Waals surface area contributed by atoms with Gasteiger partial charge >= 0.3 is 0 Å². The van der Waals surface area contributed by atoms with Crippen LogP contribution in [0.25, 0.3) is 0 Å². The minimum Gasteiger partial charge on any atom is -0.493 e. The van der Waals surface area contributed by atoms with Crippen molar-refractivity contribution in [2.45, 2.75) is 97.6 Å². The Morgan fingerprint density at radius 1 is 0.595 bits per heavy atom. The maximum absolute atomic E-state index is 11.9. The SMILES string of the molecule is C.Cc1ccc(CCO)nc1.Cc1ccc(CCOc2ccc(CC(C)Cl)cc2)nc1.Cc1ccc(CCOc2ccc(CC3(C)SC(=O)NC3=O)cc2)nc1.Cc1ccc(CCOc2ccc(N)cc2)nc1.[2HH].[B]. The highest BCUT2D eigenvalue weighted by atomic mass is 35.5. The van der Waals surface area contributed by atoms with Gasteiger partial charge in [0.1, 0.15) is 22.0 Å². The number of hydrogen-bond donors (Lipinski definition) is 3. The van der Waals surface area contributed by atoms with Crippen LogP contribution in [-0.4, -0.2) is 81.2 Å². The monoisotopic (exact) mass is 1040 g/mol. The number of nitrogens with one attached hydrogen (secondary N) is 1. The molecule has 0 bridgehead atoms. The van der Waals surface area contributed by atoms with Gasteiger partial charge in [0.25, 0.3) is 5.24 Å². The van der Waals surface area contributed by atoms with E-state index in [0.29, 0.717) is 32.7 Å². The van der Waals surface area contributed by atoms with E-state index < -0.39 is 4.75 Å². The number of alkyl halides is 1. The summed E-state index contributed by atoms with van der Waals surface area (Å²) in [6.45, 7) is 13.9. The van der Waals surface area contributed by atoms with E-state index in [-0.39, 0.29) is 40.4 Å². The Labute approximate surface area is 451 Å². The minimum atomic E-state index is -0.740. The number of nitrogen functional groups attached to an aromatic ring is 1. The standard InChI is InChI=1S/C19H20N2O3S.C17H20ClNO.C14H16N2O.C8H11NO.CH4.B.H2/c1-13-3-6-15(20-12-13)9-10-24-16-7-4-14(5-8-16)11-19(2)17(22)21-18(23)25-19;1-13-3-6-16(19-12-13)9-10-20-17-7-4-15(5-8-17)11-14(2)18;1-11-2-5-13(16-10-11)8-9-17-14-6-3-12(15)4-7-14;1-7-2-3-8(4-5-10)9-6-7;;;/h3-8,12H,9-11H2,1-2H3,(H,21,22,23);3-8,12,14H,9-11H2,1-2H3;2-7,10H,8-9,15H2,1H3;2-3,6,10H,4-5H2,1H3;1H4;;1H/i;;;;;;1+1. The molecule has 2 amide bonds. The Bertz CT molecular complexity index is 2650. The van der Waals surface area contributed by atoms with Crippen LogP contribution in [0, 0.1) is 27.7 Å². The van der Waals surface area contributed by atoms with Crippen molar-refractivity contribution in [3.63, 3.8) is 0 Å². The molecule has 1 aliphatic rings. The number of amides is 2. The van der Waals surface area contributed by atoms with E-state index in [1.54, 1.807) is 6.92 Å². The van der Waals surface area contributed by atoms with Crippen LogP contribution in [0.3, 0.4) is 0 Å². The number of carbonyl (C=O) groups excluding carboxylic acids is 2. The van der Waals surface area contributed by atoms with Crippen molar-refractivity contribution in [2.24, 2.45) is 0 Å². The van der Waals surface area contributed by atoms with Crippen LogP contribution >= 0.6 is 23.4 Å². The van der Waals surface area contributed by atoms with Gasteiger partial charge in [-0.3, -0.25) is 34.8 Å². The molecule has 391 valence electrons. The summed E-state index contributed by atoms with van der Waals surface area (Å²) in [7, 11) is 0. The largest absolute Gasteiger partial charge is 0.493 e. The van der Waals surface area contributed by atoms with Crippen LogP contribution in [0.5, 0.6) is 17.2 Å². The molecule has 15 heteroatoms. The summed E-state index contributed by atoms with van der Waals surface area (Å²) in [5.74, 6) is 2.28. The summed E-state index contributed by atoms with van der Waals surface area (Å²) in [4.78, 5) is 40.4. The second-order valence-electron chi connectivity index (χ2n) is 17.7. The molecule has 1 saturated heterocycles. The first kappa shape index (κ1) is 61.6. The Balaban J connectivity index is 0.000000351. The van der Waals surface area contributed by atoms with Crippen molar-refractivity contribution in [1.29, 1.82) is 0 Å². The van der Waals surface area contributed by atoms with E-state index in [1.807, 2.05) is 156 Å². The van der Waals surface area contributed by atoms with Crippen LogP contribution in [0.4, 0.5) is 10.5 Å². The lowest BCUT2D eigenvalue weighted by Gasteiger charge is -2.18. The van der Waals surface area contributed by atoms with Crippen molar-refractivity contribution in [3.05, 3.63) is 202 Å². The van der Waals surface area contributed by atoms with Crippen LogP contribution < -0.4 is 25.3 Å². The number of aryl methyl sites for hydroxylation is 4. The number of benzene rings is 3. The molecule has 0 saturated carbocycles. The van der Waals surface area contributed by atoms with E-state index >= 15 is 0 Å². The number of thioether (sulfide) groups is 1. The highest BCUT2D eigenvalue weighted by molar-refractivity contribution is 8.16. The molecule has 74 heavy (non-hydrogen) atoms. The lowest BCUT2D eigenvalue weighted by atomic mass is 9.99. The highest BCUT2D eigenvalue weighted by Crippen LogP contribution is 2.35. The molecule has 4 aromatic heterocycles. The number of halogens is 1. The van der Waals surface area contributed by atoms with Gasteiger partial charge in [0, 0.05) is 101 Å². The summed E-state index contributed by atoms with van der Waals surface area (Å²) in [5.41, 5.74) is 17.3. The number of aliphatic hydroxyl groups excluding tert-OH is 1. The third-order valence-electron chi connectivity index (χ3n) is 10.9. The first-order chi connectivity index (χ1) is 34.6. The van der Waals surface area contributed by atoms with Crippen molar-refractivity contribution >= 4 is 48.6 Å². The summed E-state index contributed by atoms with van der Waals surface area (Å²) in [6, 6.07) is 39.4. The third-order valence-corrected chi connectivity index (χ3v) is 12.2. The summed E-state index contributed by atoms with van der Waals surface area (Å²) in [5, 5.41) is 10.8. The highest BCUT2D eigenvalue weighted by Gasteiger charge is 2.43. The van der Waals surface area contributed by atoms with Crippen molar-refractivity contribution in [3.8, 4) is 17.2 Å². The molecule has 5 heterocycles. The van der Waals surface area contributed by atoms with E-state index in [1.165, 1.54) is 16.7 Å². The molecular formula is C59H73BClN6O6S.